The molecule has 2 rings (SSSR count). The quantitative estimate of drug-likeness (QED) is 0.587. The van der Waals surface area contributed by atoms with Gasteiger partial charge in [-0.3, -0.25) is 4.79 Å². The van der Waals surface area contributed by atoms with Crippen LogP contribution in [-0.2, 0) is 4.79 Å². The molecule has 0 atom stereocenters. The molecule has 0 saturated heterocycles. The van der Waals surface area contributed by atoms with Crippen molar-refractivity contribution in [2.75, 3.05) is 11.5 Å². The summed E-state index contributed by atoms with van der Waals surface area (Å²) in [5.41, 5.74) is 7.04. The highest BCUT2D eigenvalue weighted by Gasteiger charge is 2.35. The standard InChI is InChI=1S/C15H21NO3S/c1-10-2-3-13(12(16)8-10)20-9-15(19)6-4-11(5-7-15)14(17)18/h2-3,8,11,19H,4-7,9,16H2,1H3,(H,17,18). The second-order valence-electron chi connectivity index (χ2n) is 5.67. The summed E-state index contributed by atoms with van der Waals surface area (Å²) < 4.78 is 0. The van der Waals surface area contributed by atoms with Gasteiger partial charge < -0.3 is 15.9 Å². The van der Waals surface area contributed by atoms with Gasteiger partial charge in [0.25, 0.3) is 0 Å². The lowest BCUT2D eigenvalue weighted by Gasteiger charge is -2.34. The Bertz CT molecular complexity index is 496. The number of thioether (sulfide) groups is 1. The van der Waals surface area contributed by atoms with Crippen LogP contribution in [0.15, 0.2) is 23.1 Å². The molecule has 0 bridgehead atoms. The summed E-state index contributed by atoms with van der Waals surface area (Å²) in [6.07, 6.45) is 2.19. The van der Waals surface area contributed by atoms with Crippen LogP contribution >= 0.6 is 11.8 Å². The second kappa shape index (κ2) is 6.06. The summed E-state index contributed by atoms with van der Waals surface area (Å²) in [7, 11) is 0. The highest BCUT2D eigenvalue weighted by Crippen LogP contribution is 2.37. The zero-order valence-corrected chi connectivity index (χ0v) is 12.4. The molecule has 0 heterocycles. The van der Waals surface area contributed by atoms with Gasteiger partial charge in [0.05, 0.1) is 11.5 Å². The van der Waals surface area contributed by atoms with Gasteiger partial charge in [-0.15, -0.1) is 11.8 Å². The molecule has 1 fully saturated rings. The summed E-state index contributed by atoms with van der Waals surface area (Å²) in [5, 5.41) is 19.5. The largest absolute Gasteiger partial charge is 0.481 e. The summed E-state index contributed by atoms with van der Waals surface area (Å²) >= 11 is 1.55. The summed E-state index contributed by atoms with van der Waals surface area (Å²) in [6.45, 7) is 1.99. The highest BCUT2D eigenvalue weighted by molar-refractivity contribution is 7.99. The van der Waals surface area contributed by atoms with Crippen molar-refractivity contribution < 1.29 is 15.0 Å². The fraction of sp³-hybridized carbons (Fsp3) is 0.533. The van der Waals surface area contributed by atoms with E-state index in [1.165, 1.54) is 0 Å². The number of hydrogen-bond acceptors (Lipinski definition) is 4. The van der Waals surface area contributed by atoms with E-state index in [-0.39, 0.29) is 5.92 Å². The van der Waals surface area contributed by atoms with Crippen molar-refractivity contribution in [2.24, 2.45) is 5.92 Å². The minimum Gasteiger partial charge on any atom is -0.481 e. The van der Waals surface area contributed by atoms with E-state index in [1.54, 1.807) is 11.8 Å². The molecule has 0 aromatic heterocycles. The number of carboxylic acid groups (broad SMARTS) is 1. The number of benzene rings is 1. The number of rotatable bonds is 4. The topological polar surface area (TPSA) is 83.5 Å². The lowest BCUT2D eigenvalue weighted by Crippen LogP contribution is -2.38. The maximum absolute atomic E-state index is 10.9. The number of carboxylic acids is 1. The lowest BCUT2D eigenvalue weighted by molar-refractivity contribution is -0.144. The third kappa shape index (κ3) is 3.67. The lowest BCUT2D eigenvalue weighted by atomic mass is 9.80. The maximum Gasteiger partial charge on any atom is 0.306 e. The molecular weight excluding hydrogens is 274 g/mol. The monoisotopic (exact) mass is 295 g/mol. The van der Waals surface area contributed by atoms with Crippen molar-refractivity contribution in [3.63, 3.8) is 0 Å². The molecular formula is C15H21NO3S. The first-order chi connectivity index (χ1) is 9.39. The Morgan fingerprint density at radius 2 is 2.10 bits per heavy atom. The van der Waals surface area contributed by atoms with Gasteiger partial charge >= 0.3 is 5.97 Å². The Hall–Kier alpha value is -1.20. The van der Waals surface area contributed by atoms with Crippen molar-refractivity contribution in [3.05, 3.63) is 23.8 Å². The van der Waals surface area contributed by atoms with E-state index >= 15 is 0 Å². The molecule has 20 heavy (non-hydrogen) atoms. The normalized spacial score (nSPS) is 26.4. The van der Waals surface area contributed by atoms with Crippen LogP contribution < -0.4 is 5.73 Å². The van der Waals surface area contributed by atoms with E-state index in [4.69, 9.17) is 10.8 Å². The predicted octanol–water partition coefficient (Wildman–Crippen LogP) is 2.68. The van der Waals surface area contributed by atoms with Gasteiger partial charge in [0.2, 0.25) is 0 Å². The van der Waals surface area contributed by atoms with Crippen molar-refractivity contribution in [1.29, 1.82) is 0 Å². The second-order valence-corrected chi connectivity index (χ2v) is 6.68. The Kier molecular flexibility index (Phi) is 4.60. The van der Waals surface area contributed by atoms with Crippen molar-refractivity contribution >= 4 is 23.4 Å². The Morgan fingerprint density at radius 1 is 1.45 bits per heavy atom. The number of aryl methyl sites for hydroxylation is 1. The number of aliphatic hydroxyl groups is 1. The Morgan fingerprint density at radius 3 is 2.65 bits per heavy atom. The van der Waals surface area contributed by atoms with Gasteiger partial charge in [-0.2, -0.15) is 0 Å². The van der Waals surface area contributed by atoms with Crippen LogP contribution in [0.4, 0.5) is 5.69 Å². The molecule has 0 radical (unpaired) electrons. The van der Waals surface area contributed by atoms with Gasteiger partial charge in [0.1, 0.15) is 0 Å². The van der Waals surface area contributed by atoms with E-state index < -0.39 is 11.6 Å². The number of hydrogen-bond donors (Lipinski definition) is 3. The third-order valence-electron chi connectivity index (χ3n) is 3.93. The average molecular weight is 295 g/mol. The average Bonchev–Trinajstić information content (AvgIpc) is 2.38. The molecule has 1 aliphatic carbocycles. The minimum absolute atomic E-state index is 0.301. The van der Waals surface area contributed by atoms with Gasteiger partial charge in [0.15, 0.2) is 0 Å². The van der Waals surface area contributed by atoms with E-state index in [2.05, 4.69) is 0 Å². The molecule has 0 aliphatic heterocycles. The third-order valence-corrected chi connectivity index (χ3v) is 5.29. The molecule has 110 valence electrons. The molecule has 4 N–H and O–H groups in total. The molecule has 0 amide bonds. The van der Waals surface area contributed by atoms with Crippen molar-refractivity contribution in [1.82, 2.24) is 0 Å². The van der Waals surface area contributed by atoms with Crippen LogP contribution in [0.2, 0.25) is 0 Å². The van der Waals surface area contributed by atoms with Crippen LogP contribution in [0.5, 0.6) is 0 Å². The Balaban J connectivity index is 1.92. The zero-order chi connectivity index (χ0) is 14.8. The minimum atomic E-state index is -0.770. The molecule has 1 aliphatic rings. The first-order valence-corrected chi connectivity index (χ1v) is 7.82. The molecule has 4 nitrogen and oxygen atoms in total. The van der Waals surface area contributed by atoms with Crippen LogP contribution in [0, 0.1) is 12.8 Å². The van der Waals surface area contributed by atoms with Crippen LogP contribution in [0.3, 0.4) is 0 Å². The fourth-order valence-electron chi connectivity index (χ4n) is 2.56. The smallest absolute Gasteiger partial charge is 0.306 e. The number of nitrogens with two attached hydrogens (primary N) is 1. The number of aliphatic carboxylic acids is 1. The van der Waals surface area contributed by atoms with Crippen molar-refractivity contribution in [2.45, 2.75) is 43.1 Å². The number of nitrogen functional groups attached to an aromatic ring is 1. The maximum atomic E-state index is 10.9. The predicted molar refractivity (Wildman–Crippen MR) is 80.9 cm³/mol. The summed E-state index contributed by atoms with van der Waals surface area (Å²) in [6, 6.07) is 5.90. The molecule has 5 heteroatoms. The molecule has 1 aromatic rings. The van der Waals surface area contributed by atoms with Crippen LogP contribution in [-0.4, -0.2) is 27.5 Å². The van der Waals surface area contributed by atoms with Crippen LogP contribution in [0.25, 0.3) is 0 Å². The van der Waals surface area contributed by atoms with Gasteiger partial charge in [-0.05, 0) is 50.3 Å². The molecule has 0 unspecified atom stereocenters. The van der Waals surface area contributed by atoms with E-state index in [1.807, 2.05) is 25.1 Å². The molecule has 0 spiro atoms. The number of anilines is 1. The number of carbonyl (C=O) groups is 1. The van der Waals surface area contributed by atoms with Crippen LogP contribution in [0.1, 0.15) is 31.2 Å². The van der Waals surface area contributed by atoms with Gasteiger partial charge in [-0.1, -0.05) is 6.07 Å². The Labute approximate surface area is 123 Å². The summed E-state index contributed by atoms with van der Waals surface area (Å²) in [5.74, 6) is -0.487. The SMILES string of the molecule is Cc1ccc(SCC2(O)CCC(C(=O)O)CC2)c(N)c1. The van der Waals surface area contributed by atoms with E-state index in [9.17, 15) is 9.90 Å². The van der Waals surface area contributed by atoms with E-state index in [0.717, 1.165) is 16.1 Å². The zero-order valence-electron chi connectivity index (χ0n) is 11.6. The van der Waals surface area contributed by atoms with Crippen molar-refractivity contribution in [3.8, 4) is 0 Å². The molecule has 1 aromatic carbocycles. The fourth-order valence-corrected chi connectivity index (χ4v) is 3.66. The molecule has 1 saturated carbocycles. The first kappa shape index (κ1) is 15.2. The summed E-state index contributed by atoms with van der Waals surface area (Å²) in [4.78, 5) is 11.9. The van der Waals surface area contributed by atoms with Gasteiger partial charge in [0, 0.05) is 16.3 Å². The van der Waals surface area contributed by atoms with Gasteiger partial charge in [-0.25, -0.2) is 0 Å². The van der Waals surface area contributed by atoms with E-state index in [0.29, 0.717) is 31.4 Å². The highest BCUT2D eigenvalue weighted by atomic mass is 32.2. The first-order valence-electron chi connectivity index (χ1n) is 6.84.